The monoisotopic (exact) mass is 250 g/mol. The Morgan fingerprint density at radius 1 is 1.44 bits per heavy atom. The Morgan fingerprint density at radius 3 is 2.83 bits per heavy atom. The van der Waals surface area contributed by atoms with Crippen molar-refractivity contribution in [2.45, 2.75) is 13.8 Å². The standard InChI is InChI=1S/C12H15FN4O/c1-4-18-12-11(14-3)8(2)16-17(12)10-5-9(13)6-15-7-10/h5-7,14H,4H2,1-3H3. The van der Waals surface area contributed by atoms with Crippen LogP contribution in [0.3, 0.4) is 0 Å². The Balaban J connectivity index is 2.56. The SMILES string of the molecule is CCOc1c(NC)c(C)nn1-c1cncc(F)c1. The molecule has 0 spiro atoms. The van der Waals surface area contributed by atoms with E-state index >= 15 is 0 Å². The van der Waals surface area contributed by atoms with E-state index in [4.69, 9.17) is 4.74 Å². The van der Waals surface area contributed by atoms with Gasteiger partial charge in [0.2, 0.25) is 5.88 Å². The molecule has 6 heteroatoms. The predicted molar refractivity (Wildman–Crippen MR) is 66.8 cm³/mol. The lowest BCUT2D eigenvalue weighted by Crippen LogP contribution is -2.04. The van der Waals surface area contributed by atoms with Gasteiger partial charge in [-0.1, -0.05) is 0 Å². The lowest BCUT2D eigenvalue weighted by Gasteiger charge is -2.09. The zero-order valence-electron chi connectivity index (χ0n) is 10.6. The molecule has 18 heavy (non-hydrogen) atoms. The molecule has 0 bridgehead atoms. The Morgan fingerprint density at radius 2 is 2.22 bits per heavy atom. The molecule has 0 fully saturated rings. The first-order chi connectivity index (χ1) is 8.67. The van der Waals surface area contributed by atoms with Gasteiger partial charge in [-0.05, 0) is 13.8 Å². The van der Waals surface area contributed by atoms with E-state index in [1.165, 1.54) is 12.3 Å². The summed E-state index contributed by atoms with van der Waals surface area (Å²) in [4.78, 5) is 3.81. The van der Waals surface area contributed by atoms with Crippen LogP contribution in [-0.2, 0) is 0 Å². The fraction of sp³-hybridized carbons (Fsp3) is 0.333. The van der Waals surface area contributed by atoms with E-state index in [2.05, 4.69) is 15.4 Å². The third-order valence-corrected chi connectivity index (χ3v) is 2.48. The maximum Gasteiger partial charge on any atom is 0.241 e. The third-order valence-electron chi connectivity index (χ3n) is 2.48. The number of hydrogen-bond donors (Lipinski definition) is 1. The Labute approximate surface area is 105 Å². The van der Waals surface area contributed by atoms with Gasteiger partial charge >= 0.3 is 0 Å². The average molecular weight is 250 g/mol. The van der Waals surface area contributed by atoms with Crippen molar-refractivity contribution in [3.05, 3.63) is 30.0 Å². The molecule has 0 amide bonds. The molecular weight excluding hydrogens is 235 g/mol. The highest BCUT2D eigenvalue weighted by Crippen LogP contribution is 2.30. The molecule has 0 aliphatic heterocycles. The first-order valence-corrected chi connectivity index (χ1v) is 5.68. The van der Waals surface area contributed by atoms with Crippen molar-refractivity contribution >= 4 is 5.69 Å². The van der Waals surface area contributed by atoms with E-state index < -0.39 is 5.82 Å². The molecule has 0 unspecified atom stereocenters. The molecule has 2 heterocycles. The van der Waals surface area contributed by atoms with Crippen LogP contribution in [0.2, 0.25) is 0 Å². The van der Waals surface area contributed by atoms with Gasteiger partial charge in [-0.15, -0.1) is 0 Å². The minimum atomic E-state index is -0.408. The highest BCUT2D eigenvalue weighted by atomic mass is 19.1. The molecule has 0 aromatic carbocycles. The minimum Gasteiger partial charge on any atom is -0.476 e. The Hall–Kier alpha value is -2.11. The predicted octanol–water partition coefficient (Wildman–Crippen LogP) is 2.16. The summed E-state index contributed by atoms with van der Waals surface area (Å²) in [5.74, 6) is 0.152. The Kier molecular flexibility index (Phi) is 3.45. The molecule has 2 aromatic rings. The second-order valence-corrected chi connectivity index (χ2v) is 3.72. The van der Waals surface area contributed by atoms with E-state index in [1.807, 2.05) is 13.8 Å². The van der Waals surface area contributed by atoms with Gasteiger partial charge in [-0.3, -0.25) is 4.98 Å². The van der Waals surface area contributed by atoms with Crippen molar-refractivity contribution in [2.24, 2.45) is 0 Å². The number of hydrogen-bond acceptors (Lipinski definition) is 4. The van der Waals surface area contributed by atoms with Gasteiger partial charge in [0.25, 0.3) is 0 Å². The molecular formula is C12H15FN4O. The molecule has 0 saturated carbocycles. The van der Waals surface area contributed by atoms with Crippen LogP contribution in [-0.4, -0.2) is 28.4 Å². The number of ether oxygens (including phenoxy) is 1. The summed E-state index contributed by atoms with van der Waals surface area (Å²) < 4.78 is 20.3. The van der Waals surface area contributed by atoms with Gasteiger partial charge in [0, 0.05) is 13.1 Å². The molecule has 0 atom stereocenters. The van der Waals surface area contributed by atoms with Gasteiger partial charge in [0.1, 0.15) is 11.5 Å². The number of halogens is 1. The maximum atomic E-state index is 13.2. The quantitative estimate of drug-likeness (QED) is 0.903. The Bertz CT molecular complexity index is 553. The van der Waals surface area contributed by atoms with Crippen molar-refractivity contribution in [2.75, 3.05) is 19.0 Å². The number of nitrogens with one attached hydrogen (secondary N) is 1. The summed E-state index contributed by atoms with van der Waals surface area (Å²) in [5, 5.41) is 7.36. The first kappa shape index (κ1) is 12.3. The summed E-state index contributed by atoms with van der Waals surface area (Å²) in [6, 6.07) is 1.36. The molecule has 0 saturated heterocycles. The second-order valence-electron chi connectivity index (χ2n) is 3.72. The van der Waals surface area contributed by atoms with Crippen LogP contribution < -0.4 is 10.1 Å². The van der Waals surface area contributed by atoms with Crippen LogP contribution in [0.25, 0.3) is 5.69 Å². The normalized spacial score (nSPS) is 10.4. The van der Waals surface area contributed by atoms with Crippen LogP contribution >= 0.6 is 0 Å². The van der Waals surface area contributed by atoms with E-state index in [0.29, 0.717) is 18.2 Å². The molecule has 96 valence electrons. The summed E-state index contributed by atoms with van der Waals surface area (Å²) in [7, 11) is 1.79. The van der Waals surface area contributed by atoms with Gasteiger partial charge in [0.05, 0.1) is 30.4 Å². The van der Waals surface area contributed by atoms with Crippen LogP contribution in [0, 0.1) is 12.7 Å². The average Bonchev–Trinajstić information content (AvgIpc) is 2.66. The van der Waals surface area contributed by atoms with Crippen molar-refractivity contribution in [1.29, 1.82) is 0 Å². The van der Waals surface area contributed by atoms with E-state index in [1.54, 1.807) is 11.7 Å². The zero-order chi connectivity index (χ0) is 13.1. The largest absolute Gasteiger partial charge is 0.476 e. The molecule has 0 aliphatic carbocycles. The number of nitrogens with zero attached hydrogens (tertiary/aromatic N) is 3. The smallest absolute Gasteiger partial charge is 0.241 e. The highest BCUT2D eigenvalue weighted by molar-refractivity contribution is 5.59. The van der Waals surface area contributed by atoms with Crippen molar-refractivity contribution in [1.82, 2.24) is 14.8 Å². The van der Waals surface area contributed by atoms with Crippen molar-refractivity contribution in [3.63, 3.8) is 0 Å². The number of aryl methyl sites for hydroxylation is 1. The van der Waals surface area contributed by atoms with Crippen LogP contribution in [0.15, 0.2) is 18.5 Å². The lowest BCUT2D eigenvalue weighted by molar-refractivity contribution is 0.318. The first-order valence-electron chi connectivity index (χ1n) is 5.68. The van der Waals surface area contributed by atoms with Crippen LogP contribution in [0.5, 0.6) is 5.88 Å². The topological polar surface area (TPSA) is 52.0 Å². The second kappa shape index (κ2) is 5.03. The molecule has 2 aromatic heterocycles. The summed E-state index contributed by atoms with van der Waals surface area (Å²) in [5.41, 5.74) is 2.11. The van der Waals surface area contributed by atoms with Crippen molar-refractivity contribution < 1.29 is 9.13 Å². The molecule has 2 rings (SSSR count). The fourth-order valence-corrected chi connectivity index (χ4v) is 1.76. The van der Waals surface area contributed by atoms with E-state index in [-0.39, 0.29) is 0 Å². The summed E-state index contributed by atoms with van der Waals surface area (Å²) >= 11 is 0. The lowest BCUT2D eigenvalue weighted by atomic mass is 10.4. The molecule has 5 nitrogen and oxygen atoms in total. The summed E-state index contributed by atoms with van der Waals surface area (Å²) in [6.07, 6.45) is 2.69. The number of anilines is 1. The van der Waals surface area contributed by atoms with Gasteiger partial charge < -0.3 is 10.1 Å². The van der Waals surface area contributed by atoms with Crippen LogP contribution in [0.1, 0.15) is 12.6 Å². The zero-order valence-corrected chi connectivity index (χ0v) is 10.6. The molecule has 0 aliphatic rings. The van der Waals surface area contributed by atoms with E-state index in [9.17, 15) is 4.39 Å². The van der Waals surface area contributed by atoms with Gasteiger partial charge in [-0.2, -0.15) is 9.78 Å². The van der Waals surface area contributed by atoms with E-state index in [0.717, 1.165) is 17.6 Å². The number of pyridine rings is 1. The van der Waals surface area contributed by atoms with Crippen molar-refractivity contribution in [3.8, 4) is 11.6 Å². The van der Waals surface area contributed by atoms with Gasteiger partial charge in [0.15, 0.2) is 0 Å². The maximum absolute atomic E-state index is 13.2. The number of rotatable bonds is 4. The highest BCUT2D eigenvalue weighted by Gasteiger charge is 2.17. The van der Waals surface area contributed by atoms with Gasteiger partial charge in [-0.25, -0.2) is 4.39 Å². The fourth-order valence-electron chi connectivity index (χ4n) is 1.76. The summed E-state index contributed by atoms with van der Waals surface area (Å²) in [6.45, 7) is 4.25. The minimum absolute atomic E-state index is 0.408. The third kappa shape index (κ3) is 2.13. The van der Waals surface area contributed by atoms with Crippen LogP contribution in [0.4, 0.5) is 10.1 Å². The molecule has 0 radical (unpaired) electrons. The number of aromatic nitrogens is 3. The molecule has 1 N–H and O–H groups in total.